The van der Waals surface area contributed by atoms with Gasteiger partial charge in [0.25, 0.3) is 0 Å². The average Bonchev–Trinajstić information content (AvgIpc) is 2.31. The number of rotatable bonds is 2. The number of halogens is 5. The van der Waals surface area contributed by atoms with Crippen molar-refractivity contribution in [3.05, 3.63) is 52.5 Å². The Morgan fingerprint density at radius 1 is 0.789 bits per heavy atom. The number of benzene rings is 2. The van der Waals surface area contributed by atoms with E-state index in [1.807, 2.05) is 0 Å². The van der Waals surface area contributed by atoms with Crippen LogP contribution in [0.5, 0.6) is 5.75 Å². The van der Waals surface area contributed by atoms with Gasteiger partial charge in [-0.2, -0.15) is 0 Å². The molecule has 0 aliphatic rings. The van der Waals surface area contributed by atoms with Crippen LogP contribution in [0.2, 0.25) is 10.0 Å². The molecule has 0 aromatic heterocycles. The van der Waals surface area contributed by atoms with Gasteiger partial charge in [-0.25, -0.2) is 0 Å². The number of alkyl halides is 3. The summed E-state index contributed by atoms with van der Waals surface area (Å²) < 4.78 is 41.2. The molecule has 0 spiro atoms. The zero-order chi connectivity index (χ0) is 14.0. The fourth-order valence-electron chi connectivity index (χ4n) is 1.62. The monoisotopic (exact) mass is 306 g/mol. The second kappa shape index (κ2) is 5.31. The molecule has 2 rings (SSSR count). The van der Waals surface area contributed by atoms with Gasteiger partial charge in [-0.15, -0.1) is 13.2 Å². The minimum absolute atomic E-state index is 0.130. The minimum Gasteiger partial charge on any atom is -0.404 e. The summed E-state index contributed by atoms with van der Waals surface area (Å²) >= 11 is 11.7. The highest BCUT2D eigenvalue weighted by molar-refractivity contribution is 6.34. The molecule has 6 heteroatoms. The van der Waals surface area contributed by atoms with Gasteiger partial charge in [0.1, 0.15) is 0 Å². The molecule has 2 aromatic carbocycles. The zero-order valence-corrected chi connectivity index (χ0v) is 10.9. The molecule has 0 saturated carbocycles. The Morgan fingerprint density at radius 2 is 1.37 bits per heavy atom. The molecule has 100 valence electrons. The third-order valence-corrected chi connectivity index (χ3v) is 2.98. The van der Waals surface area contributed by atoms with E-state index in [4.69, 9.17) is 23.2 Å². The van der Waals surface area contributed by atoms with E-state index in [-0.39, 0.29) is 10.6 Å². The first-order chi connectivity index (χ1) is 8.88. The molecule has 0 radical (unpaired) electrons. The van der Waals surface area contributed by atoms with Crippen LogP contribution < -0.4 is 4.74 Å². The van der Waals surface area contributed by atoms with Crippen LogP contribution in [0.25, 0.3) is 11.1 Å². The summed E-state index contributed by atoms with van der Waals surface area (Å²) in [5, 5.41) is 0.187. The van der Waals surface area contributed by atoms with Crippen molar-refractivity contribution in [1.82, 2.24) is 0 Å². The highest BCUT2D eigenvalue weighted by Crippen LogP contribution is 2.41. The molecule has 19 heavy (non-hydrogen) atoms. The molecule has 0 atom stereocenters. The van der Waals surface area contributed by atoms with Crippen molar-refractivity contribution in [2.24, 2.45) is 0 Å². The molecule has 0 N–H and O–H groups in total. The lowest BCUT2D eigenvalue weighted by atomic mass is 10.0. The van der Waals surface area contributed by atoms with E-state index in [1.54, 1.807) is 24.3 Å². The van der Waals surface area contributed by atoms with Gasteiger partial charge in [-0.1, -0.05) is 53.5 Å². The van der Waals surface area contributed by atoms with E-state index in [0.29, 0.717) is 10.6 Å². The lowest BCUT2D eigenvalue weighted by Gasteiger charge is -2.15. The summed E-state index contributed by atoms with van der Waals surface area (Å²) in [6.07, 6.45) is -4.82. The van der Waals surface area contributed by atoms with Crippen LogP contribution in [-0.4, -0.2) is 6.36 Å². The van der Waals surface area contributed by atoms with E-state index in [1.165, 1.54) is 18.2 Å². The minimum atomic E-state index is -4.82. The maximum atomic E-state index is 12.4. The van der Waals surface area contributed by atoms with Crippen molar-refractivity contribution >= 4 is 23.2 Å². The van der Waals surface area contributed by atoms with Crippen molar-refractivity contribution in [2.75, 3.05) is 0 Å². The molecule has 0 aliphatic heterocycles. The molecule has 0 amide bonds. The van der Waals surface area contributed by atoms with Gasteiger partial charge in [-0.05, 0) is 12.1 Å². The Hall–Kier alpha value is -1.39. The highest BCUT2D eigenvalue weighted by atomic mass is 35.5. The average molecular weight is 307 g/mol. The molecule has 0 bridgehead atoms. The van der Waals surface area contributed by atoms with Gasteiger partial charge in [0.05, 0.1) is 5.02 Å². The SMILES string of the molecule is FC(F)(F)Oc1c(Cl)cccc1-c1ccccc1Cl. The Kier molecular flexibility index (Phi) is 3.92. The van der Waals surface area contributed by atoms with Gasteiger partial charge in [0, 0.05) is 16.1 Å². The molecule has 0 heterocycles. The predicted octanol–water partition coefficient (Wildman–Crippen LogP) is 5.56. The molecule has 0 fully saturated rings. The van der Waals surface area contributed by atoms with Crippen molar-refractivity contribution < 1.29 is 17.9 Å². The number of hydrogen-bond acceptors (Lipinski definition) is 1. The summed E-state index contributed by atoms with van der Waals surface area (Å²) in [6, 6.07) is 10.8. The Bertz CT molecular complexity index is 597. The Morgan fingerprint density at radius 3 is 2.00 bits per heavy atom. The van der Waals surface area contributed by atoms with Crippen LogP contribution in [0.3, 0.4) is 0 Å². The lowest BCUT2D eigenvalue weighted by molar-refractivity contribution is -0.274. The third kappa shape index (κ3) is 3.33. The number of para-hydroxylation sites is 1. The second-order valence-corrected chi connectivity index (χ2v) is 4.46. The van der Waals surface area contributed by atoms with E-state index in [2.05, 4.69) is 4.74 Å². The van der Waals surface area contributed by atoms with Crippen LogP contribution in [0.15, 0.2) is 42.5 Å². The first kappa shape index (κ1) is 14.0. The first-order valence-electron chi connectivity index (χ1n) is 5.17. The maximum absolute atomic E-state index is 12.4. The van der Waals surface area contributed by atoms with Crippen LogP contribution in [0.1, 0.15) is 0 Å². The van der Waals surface area contributed by atoms with E-state index < -0.39 is 12.1 Å². The van der Waals surface area contributed by atoms with Crippen molar-refractivity contribution in [2.45, 2.75) is 6.36 Å². The van der Waals surface area contributed by atoms with E-state index >= 15 is 0 Å². The lowest BCUT2D eigenvalue weighted by Crippen LogP contribution is -2.18. The summed E-state index contributed by atoms with van der Waals surface area (Å²) in [5.74, 6) is -0.454. The van der Waals surface area contributed by atoms with Gasteiger partial charge in [0.15, 0.2) is 5.75 Å². The molecule has 0 aliphatic carbocycles. The zero-order valence-electron chi connectivity index (χ0n) is 9.34. The molecule has 2 aromatic rings. The van der Waals surface area contributed by atoms with Crippen molar-refractivity contribution in [3.63, 3.8) is 0 Å². The van der Waals surface area contributed by atoms with Gasteiger partial charge < -0.3 is 4.74 Å². The molecule has 0 saturated heterocycles. The van der Waals surface area contributed by atoms with Crippen molar-refractivity contribution in [3.8, 4) is 16.9 Å². The van der Waals surface area contributed by atoms with Crippen LogP contribution in [-0.2, 0) is 0 Å². The van der Waals surface area contributed by atoms with Gasteiger partial charge in [0.2, 0.25) is 0 Å². The van der Waals surface area contributed by atoms with Gasteiger partial charge >= 0.3 is 6.36 Å². The van der Waals surface area contributed by atoms with E-state index in [9.17, 15) is 13.2 Å². The molecule has 0 unspecified atom stereocenters. The van der Waals surface area contributed by atoms with E-state index in [0.717, 1.165) is 0 Å². The summed E-state index contributed by atoms with van der Waals surface area (Å²) in [4.78, 5) is 0. The van der Waals surface area contributed by atoms with Crippen LogP contribution in [0, 0.1) is 0 Å². The maximum Gasteiger partial charge on any atom is 0.573 e. The summed E-state index contributed by atoms with van der Waals surface area (Å²) in [6.45, 7) is 0. The molecule has 1 nitrogen and oxygen atoms in total. The van der Waals surface area contributed by atoms with Gasteiger partial charge in [-0.3, -0.25) is 0 Å². The fourth-order valence-corrected chi connectivity index (χ4v) is 2.07. The summed E-state index contributed by atoms with van der Waals surface area (Å²) in [7, 11) is 0. The molecular weight excluding hydrogens is 300 g/mol. The topological polar surface area (TPSA) is 9.23 Å². The Labute approximate surface area is 117 Å². The third-order valence-electron chi connectivity index (χ3n) is 2.35. The highest BCUT2D eigenvalue weighted by Gasteiger charge is 2.33. The molecular formula is C13H7Cl2F3O. The second-order valence-electron chi connectivity index (χ2n) is 3.64. The largest absolute Gasteiger partial charge is 0.573 e. The number of hydrogen-bond donors (Lipinski definition) is 0. The predicted molar refractivity (Wildman–Crippen MR) is 68.6 cm³/mol. The standard InChI is InChI=1S/C13H7Cl2F3O/c14-10-6-2-1-4-8(10)9-5-3-7-11(15)12(9)19-13(16,17)18/h1-7H. The number of ether oxygens (including phenoxy) is 1. The smallest absolute Gasteiger partial charge is 0.404 e. The fraction of sp³-hybridized carbons (Fsp3) is 0.0769. The van der Waals surface area contributed by atoms with Crippen LogP contribution in [0.4, 0.5) is 13.2 Å². The Balaban J connectivity index is 2.58. The van der Waals surface area contributed by atoms with Crippen LogP contribution >= 0.6 is 23.2 Å². The normalized spacial score (nSPS) is 11.4. The van der Waals surface area contributed by atoms with Crippen molar-refractivity contribution in [1.29, 1.82) is 0 Å². The first-order valence-corrected chi connectivity index (χ1v) is 5.93. The quantitative estimate of drug-likeness (QED) is 0.706. The summed E-state index contributed by atoms with van der Waals surface area (Å²) in [5.41, 5.74) is 0.612.